The molecular formula is C23H28N4S. The van der Waals surface area contributed by atoms with Gasteiger partial charge in [-0.2, -0.15) is 5.10 Å². The molecule has 0 unspecified atom stereocenters. The summed E-state index contributed by atoms with van der Waals surface area (Å²) in [6.07, 6.45) is 7.35. The molecule has 3 aromatic rings. The van der Waals surface area contributed by atoms with E-state index in [0.717, 1.165) is 36.6 Å². The van der Waals surface area contributed by atoms with Crippen LogP contribution in [-0.4, -0.2) is 21.3 Å². The molecule has 0 saturated carbocycles. The van der Waals surface area contributed by atoms with Crippen LogP contribution >= 0.6 is 11.3 Å². The van der Waals surface area contributed by atoms with Crippen LogP contribution in [0.4, 0.5) is 11.5 Å². The summed E-state index contributed by atoms with van der Waals surface area (Å²) in [4.78, 5) is 7.02. The third-order valence-corrected chi connectivity index (χ3v) is 6.23. The third-order valence-electron chi connectivity index (χ3n) is 5.42. The first-order valence-electron chi connectivity index (χ1n) is 10.0. The van der Waals surface area contributed by atoms with Crippen LogP contribution in [0.2, 0.25) is 0 Å². The Balaban J connectivity index is 1.87. The van der Waals surface area contributed by atoms with Crippen molar-refractivity contribution < 1.29 is 0 Å². The third kappa shape index (κ3) is 3.18. The van der Waals surface area contributed by atoms with E-state index in [1.54, 1.807) is 11.3 Å². The Kier molecular flexibility index (Phi) is 5.11. The summed E-state index contributed by atoms with van der Waals surface area (Å²) >= 11 is 1.70. The van der Waals surface area contributed by atoms with Gasteiger partial charge in [0.05, 0.1) is 5.69 Å². The van der Waals surface area contributed by atoms with Gasteiger partial charge in [0.2, 0.25) is 0 Å². The van der Waals surface area contributed by atoms with Gasteiger partial charge in [-0.3, -0.25) is 4.68 Å². The molecule has 0 saturated heterocycles. The molecule has 4 nitrogen and oxygen atoms in total. The highest BCUT2D eigenvalue weighted by atomic mass is 32.1. The number of benzene rings is 1. The van der Waals surface area contributed by atoms with Gasteiger partial charge in [-0.25, -0.2) is 4.98 Å². The number of fused-ring (bicyclic) bond motifs is 1. The van der Waals surface area contributed by atoms with Crippen LogP contribution in [0.3, 0.4) is 0 Å². The molecule has 2 aromatic heterocycles. The second-order valence-corrected chi connectivity index (χ2v) is 8.53. The topological polar surface area (TPSA) is 34.0 Å². The lowest BCUT2D eigenvalue weighted by Crippen LogP contribution is -2.26. The van der Waals surface area contributed by atoms with E-state index < -0.39 is 0 Å². The first kappa shape index (κ1) is 18.9. The Hall–Kier alpha value is -2.40. The van der Waals surface area contributed by atoms with Crippen molar-refractivity contribution in [2.24, 2.45) is 7.05 Å². The van der Waals surface area contributed by atoms with Gasteiger partial charge in [0.25, 0.3) is 0 Å². The van der Waals surface area contributed by atoms with E-state index in [1.807, 2.05) is 11.6 Å². The van der Waals surface area contributed by atoms with Crippen molar-refractivity contribution in [1.82, 2.24) is 14.8 Å². The number of anilines is 2. The lowest BCUT2D eigenvalue weighted by Gasteiger charge is -2.31. The van der Waals surface area contributed by atoms with E-state index in [9.17, 15) is 0 Å². The predicted molar refractivity (Wildman–Crippen MR) is 119 cm³/mol. The van der Waals surface area contributed by atoms with Crippen LogP contribution in [0.1, 0.15) is 52.7 Å². The summed E-state index contributed by atoms with van der Waals surface area (Å²) in [6.45, 7) is 9.79. The summed E-state index contributed by atoms with van der Waals surface area (Å²) in [5.41, 5.74) is 9.06. The number of rotatable bonds is 4. The SMILES string of the molecule is CC/C=C(\c1nccs1)c1c2c(nn1C)N(c1c(C)cc(C)cc1C)CCC2. The lowest BCUT2D eigenvalue weighted by atomic mass is 9.97. The minimum absolute atomic E-state index is 0.981. The molecule has 1 aromatic carbocycles. The van der Waals surface area contributed by atoms with Crippen molar-refractivity contribution in [3.8, 4) is 0 Å². The van der Waals surface area contributed by atoms with Crippen LogP contribution in [0, 0.1) is 20.8 Å². The summed E-state index contributed by atoms with van der Waals surface area (Å²) in [6, 6.07) is 4.55. The normalized spacial score (nSPS) is 14.5. The number of aromatic nitrogens is 3. The summed E-state index contributed by atoms with van der Waals surface area (Å²) in [5.74, 6) is 1.11. The summed E-state index contributed by atoms with van der Waals surface area (Å²) in [5, 5.41) is 8.13. The lowest BCUT2D eigenvalue weighted by molar-refractivity contribution is 0.738. The van der Waals surface area contributed by atoms with E-state index in [0.29, 0.717) is 0 Å². The summed E-state index contributed by atoms with van der Waals surface area (Å²) < 4.78 is 2.06. The maximum atomic E-state index is 5.01. The zero-order valence-electron chi connectivity index (χ0n) is 17.4. The molecule has 0 spiro atoms. The minimum atomic E-state index is 0.981. The molecule has 0 amide bonds. The molecule has 28 heavy (non-hydrogen) atoms. The number of thiazole rings is 1. The smallest absolute Gasteiger partial charge is 0.158 e. The van der Waals surface area contributed by atoms with Crippen LogP contribution < -0.4 is 4.90 Å². The predicted octanol–water partition coefficient (Wildman–Crippen LogP) is 5.73. The highest BCUT2D eigenvalue weighted by Crippen LogP contribution is 2.41. The van der Waals surface area contributed by atoms with Crippen molar-refractivity contribution in [3.05, 3.63) is 62.7 Å². The zero-order chi connectivity index (χ0) is 19.8. The van der Waals surface area contributed by atoms with Gasteiger partial charge in [-0.15, -0.1) is 11.3 Å². The molecular weight excluding hydrogens is 364 g/mol. The van der Waals surface area contributed by atoms with Crippen molar-refractivity contribution in [3.63, 3.8) is 0 Å². The molecule has 1 aliphatic rings. The number of hydrogen-bond acceptors (Lipinski definition) is 4. The molecule has 0 fully saturated rings. The second kappa shape index (κ2) is 7.55. The number of hydrogen-bond donors (Lipinski definition) is 0. The Morgan fingerprint density at radius 1 is 1.21 bits per heavy atom. The van der Waals surface area contributed by atoms with E-state index in [2.05, 4.69) is 67.5 Å². The molecule has 0 radical (unpaired) electrons. The van der Waals surface area contributed by atoms with Crippen molar-refractivity contribution >= 4 is 28.4 Å². The molecule has 4 rings (SSSR count). The first-order valence-corrected chi connectivity index (χ1v) is 10.9. The van der Waals surface area contributed by atoms with Gasteiger partial charge in [0.1, 0.15) is 5.01 Å². The maximum Gasteiger partial charge on any atom is 0.158 e. The Morgan fingerprint density at radius 2 is 1.96 bits per heavy atom. The number of aryl methyl sites for hydroxylation is 4. The maximum absolute atomic E-state index is 5.01. The van der Waals surface area contributed by atoms with Gasteiger partial charge in [-0.05, 0) is 51.2 Å². The van der Waals surface area contributed by atoms with Gasteiger partial charge >= 0.3 is 0 Å². The molecule has 0 aliphatic carbocycles. The van der Waals surface area contributed by atoms with E-state index in [4.69, 9.17) is 5.10 Å². The fourth-order valence-electron chi connectivity index (χ4n) is 4.52. The highest BCUT2D eigenvalue weighted by Gasteiger charge is 2.29. The van der Waals surface area contributed by atoms with Crippen LogP contribution in [0.5, 0.6) is 0 Å². The molecule has 146 valence electrons. The zero-order valence-corrected chi connectivity index (χ0v) is 18.2. The van der Waals surface area contributed by atoms with Crippen LogP contribution in [0.15, 0.2) is 29.8 Å². The Morgan fingerprint density at radius 3 is 2.61 bits per heavy atom. The van der Waals surface area contributed by atoms with Crippen molar-refractivity contribution in [2.75, 3.05) is 11.4 Å². The number of allylic oxidation sites excluding steroid dienone is 1. The van der Waals surface area contributed by atoms with E-state index in [1.165, 1.54) is 39.2 Å². The molecule has 1 aliphatic heterocycles. The molecule has 0 bridgehead atoms. The monoisotopic (exact) mass is 392 g/mol. The van der Waals surface area contributed by atoms with E-state index >= 15 is 0 Å². The fourth-order valence-corrected chi connectivity index (χ4v) is 5.20. The fraction of sp³-hybridized carbons (Fsp3) is 0.391. The Labute approximate surface area is 171 Å². The second-order valence-electron chi connectivity index (χ2n) is 7.64. The average Bonchev–Trinajstić information content (AvgIpc) is 3.27. The van der Waals surface area contributed by atoms with Crippen LogP contribution in [0.25, 0.3) is 5.57 Å². The van der Waals surface area contributed by atoms with Crippen molar-refractivity contribution in [2.45, 2.75) is 47.0 Å². The highest BCUT2D eigenvalue weighted by molar-refractivity contribution is 7.10. The standard InChI is InChI=1S/C23H28N4S/c1-6-8-19(23-24-10-12-28-23)21-18-9-7-11-27(22(18)25-26(21)5)20-16(3)13-15(2)14-17(20)4/h8,10,12-14H,6-7,9,11H2,1-5H3/b19-8-. The molecule has 3 heterocycles. The average molecular weight is 393 g/mol. The van der Waals surface area contributed by atoms with Gasteiger partial charge in [0.15, 0.2) is 5.82 Å². The quantitative estimate of drug-likeness (QED) is 0.569. The van der Waals surface area contributed by atoms with Gasteiger partial charge in [-0.1, -0.05) is 30.7 Å². The number of nitrogens with zero attached hydrogens (tertiary/aromatic N) is 4. The molecule has 0 atom stereocenters. The van der Waals surface area contributed by atoms with Crippen LogP contribution in [-0.2, 0) is 13.5 Å². The first-order chi connectivity index (χ1) is 13.5. The van der Waals surface area contributed by atoms with Gasteiger partial charge in [0, 0.05) is 42.0 Å². The van der Waals surface area contributed by atoms with Crippen molar-refractivity contribution in [1.29, 1.82) is 0 Å². The minimum Gasteiger partial charge on any atom is -0.324 e. The van der Waals surface area contributed by atoms with Gasteiger partial charge < -0.3 is 4.90 Å². The molecule has 5 heteroatoms. The van der Waals surface area contributed by atoms with E-state index in [-0.39, 0.29) is 0 Å². The molecule has 0 N–H and O–H groups in total. The summed E-state index contributed by atoms with van der Waals surface area (Å²) in [7, 11) is 2.07. The largest absolute Gasteiger partial charge is 0.324 e. The Bertz CT molecular complexity index is 1000.